The summed E-state index contributed by atoms with van der Waals surface area (Å²) >= 11 is 1.38. The number of carbonyl (C=O) groups excluding carboxylic acids is 1. The summed E-state index contributed by atoms with van der Waals surface area (Å²) in [4.78, 5) is 11.7. The van der Waals surface area contributed by atoms with Crippen molar-refractivity contribution in [2.24, 2.45) is 5.73 Å². The predicted molar refractivity (Wildman–Crippen MR) is 86.3 cm³/mol. The van der Waals surface area contributed by atoms with Crippen molar-refractivity contribution in [1.29, 1.82) is 0 Å². The van der Waals surface area contributed by atoms with Gasteiger partial charge in [-0.3, -0.25) is 4.79 Å². The van der Waals surface area contributed by atoms with Gasteiger partial charge in [-0.15, -0.1) is 10.2 Å². The lowest BCUT2D eigenvalue weighted by molar-refractivity contribution is -0.116. The van der Waals surface area contributed by atoms with Gasteiger partial charge in [0.15, 0.2) is 0 Å². The fraction of sp³-hybridized carbons (Fsp3) is 0.400. The fourth-order valence-corrected chi connectivity index (χ4v) is 2.78. The minimum atomic E-state index is -0.0737. The molecule has 1 unspecified atom stereocenters. The maximum Gasteiger partial charge on any atom is 0.226 e. The fourth-order valence-electron chi connectivity index (χ4n) is 2.03. The van der Waals surface area contributed by atoms with Crippen LogP contribution in [0.3, 0.4) is 0 Å². The Morgan fingerprint density at radius 3 is 2.57 bits per heavy atom. The zero-order valence-corrected chi connectivity index (χ0v) is 13.3. The van der Waals surface area contributed by atoms with Gasteiger partial charge in [-0.25, -0.2) is 0 Å². The zero-order chi connectivity index (χ0) is 15.4. The number of aryl methyl sites for hydroxylation is 2. The van der Waals surface area contributed by atoms with Gasteiger partial charge in [-0.05, 0) is 39.3 Å². The molecule has 0 aliphatic carbocycles. The van der Waals surface area contributed by atoms with Crippen LogP contribution in [-0.4, -0.2) is 22.1 Å². The van der Waals surface area contributed by atoms with Gasteiger partial charge in [0.2, 0.25) is 11.0 Å². The summed E-state index contributed by atoms with van der Waals surface area (Å²) < 4.78 is 0. The molecular formula is C15H20N4OS. The first-order chi connectivity index (χ1) is 9.94. The molecule has 0 saturated carbocycles. The van der Waals surface area contributed by atoms with Crippen LogP contribution in [-0.2, 0) is 4.79 Å². The Bertz CT molecular complexity index is 616. The average molecular weight is 304 g/mol. The molecule has 2 rings (SSSR count). The number of aromatic nitrogens is 2. The molecule has 2 aromatic rings. The molecule has 0 fully saturated rings. The molecule has 1 aromatic carbocycles. The number of hydrogen-bond acceptors (Lipinski definition) is 5. The van der Waals surface area contributed by atoms with Gasteiger partial charge in [0.1, 0.15) is 5.01 Å². The Labute approximate surface area is 128 Å². The molecule has 1 aromatic heterocycles. The van der Waals surface area contributed by atoms with Crippen LogP contribution in [0.25, 0.3) is 10.6 Å². The summed E-state index contributed by atoms with van der Waals surface area (Å²) in [6.45, 7) is 5.98. The van der Waals surface area contributed by atoms with Crippen molar-refractivity contribution < 1.29 is 4.79 Å². The average Bonchev–Trinajstić information content (AvgIpc) is 2.83. The maximum absolute atomic E-state index is 11.7. The molecule has 5 nitrogen and oxygen atoms in total. The highest BCUT2D eigenvalue weighted by molar-refractivity contribution is 7.18. The minimum Gasteiger partial charge on any atom is -0.328 e. The topological polar surface area (TPSA) is 80.9 Å². The Balaban J connectivity index is 2.06. The molecule has 0 saturated heterocycles. The van der Waals surface area contributed by atoms with Crippen molar-refractivity contribution in [2.45, 2.75) is 39.7 Å². The highest BCUT2D eigenvalue weighted by Gasteiger charge is 2.10. The molecule has 0 aliphatic heterocycles. The van der Waals surface area contributed by atoms with E-state index in [9.17, 15) is 4.79 Å². The van der Waals surface area contributed by atoms with E-state index in [1.165, 1.54) is 22.5 Å². The molecule has 3 N–H and O–H groups in total. The highest BCUT2D eigenvalue weighted by atomic mass is 32.1. The standard InChI is InChI=1S/C15H20N4OS/c1-9-6-10(2)8-12(7-9)14-18-19-15(21-14)17-13(20)5-4-11(3)16/h6-8,11H,4-5,16H2,1-3H3,(H,17,19,20). The van der Waals surface area contributed by atoms with E-state index >= 15 is 0 Å². The van der Waals surface area contributed by atoms with E-state index in [0.29, 0.717) is 18.0 Å². The number of benzene rings is 1. The molecule has 1 amide bonds. The lowest BCUT2D eigenvalue weighted by Crippen LogP contribution is -2.19. The normalized spacial score (nSPS) is 12.2. The van der Waals surface area contributed by atoms with E-state index < -0.39 is 0 Å². The first-order valence-corrected chi connectivity index (χ1v) is 7.73. The second-order valence-electron chi connectivity index (χ2n) is 5.35. The minimum absolute atomic E-state index is 0.0241. The van der Waals surface area contributed by atoms with Gasteiger partial charge >= 0.3 is 0 Å². The van der Waals surface area contributed by atoms with E-state index in [1.807, 2.05) is 20.8 Å². The quantitative estimate of drug-likeness (QED) is 0.890. The van der Waals surface area contributed by atoms with E-state index in [4.69, 9.17) is 5.73 Å². The Morgan fingerprint density at radius 2 is 1.95 bits per heavy atom. The molecule has 1 heterocycles. The van der Waals surface area contributed by atoms with Gasteiger partial charge in [0.25, 0.3) is 0 Å². The summed E-state index contributed by atoms with van der Waals surface area (Å²) in [6, 6.07) is 6.27. The molecule has 6 heteroatoms. The molecular weight excluding hydrogens is 284 g/mol. The number of nitrogens with two attached hydrogens (primary N) is 1. The summed E-state index contributed by atoms with van der Waals surface area (Å²) in [5.41, 5.74) is 9.03. The van der Waals surface area contributed by atoms with E-state index in [1.54, 1.807) is 0 Å². The molecule has 0 spiro atoms. The van der Waals surface area contributed by atoms with Gasteiger partial charge < -0.3 is 11.1 Å². The lowest BCUT2D eigenvalue weighted by Gasteiger charge is -2.03. The first kappa shape index (κ1) is 15.6. The summed E-state index contributed by atoms with van der Waals surface area (Å²) in [5, 5.41) is 12.3. The van der Waals surface area contributed by atoms with Crippen molar-refractivity contribution >= 4 is 22.4 Å². The predicted octanol–water partition coefficient (Wildman–Crippen LogP) is 2.89. The van der Waals surface area contributed by atoms with Crippen LogP contribution in [0.2, 0.25) is 0 Å². The number of nitrogens with zero attached hydrogens (tertiary/aromatic N) is 2. The van der Waals surface area contributed by atoms with Crippen molar-refractivity contribution in [1.82, 2.24) is 10.2 Å². The van der Waals surface area contributed by atoms with Crippen LogP contribution in [0.4, 0.5) is 5.13 Å². The van der Waals surface area contributed by atoms with Crippen molar-refractivity contribution in [3.8, 4) is 10.6 Å². The molecule has 21 heavy (non-hydrogen) atoms. The van der Waals surface area contributed by atoms with Gasteiger partial charge in [-0.2, -0.15) is 0 Å². The smallest absolute Gasteiger partial charge is 0.226 e. The maximum atomic E-state index is 11.7. The van der Waals surface area contributed by atoms with Crippen molar-refractivity contribution in [3.63, 3.8) is 0 Å². The van der Waals surface area contributed by atoms with E-state index in [-0.39, 0.29) is 11.9 Å². The molecule has 0 aliphatic rings. The van der Waals surface area contributed by atoms with Crippen molar-refractivity contribution in [2.75, 3.05) is 5.32 Å². The third-order valence-corrected chi connectivity index (χ3v) is 3.85. The molecule has 0 radical (unpaired) electrons. The van der Waals surface area contributed by atoms with Gasteiger partial charge in [0, 0.05) is 18.0 Å². The largest absolute Gasteiger partial charge is 0.328 e. The van der Waals surface area contributed by atoms with Gasteiger partial charge in [0.05, 0.1) is 0 Å². The summed E-state index contributed by atoms with van der Waals surface area (Å²) in [7, 11) is 0. The van der Waals surface area contributed by atoms with Gasteiger partial charge in [-0.1, -0.05) is 28.5 Å². The Hall–Kier alpha value is -1.79. The number of carbonyl (C=O) groups is 1. The zero-order valence-electron chi connectivity index (χ0n) is 12.5. The van der Waals surface area contributed by atoms with Crippen LogP contribution in [0, 0.1) is 13.8 Å². The molecule has 1 atom stereocenters. The van der Waals surface area contributed by atoms with Crippen LogP contribution in [0.5, 0.6) is 0 Å². The van der Waals surface area contributed by atoms with Crippen LogP contribution >= 0.6 is 11.3 Å². The SMILES string of the molecule is Cc1cc(C)cc(-c2nnc(NC(=O)CCC(C)N)s2)c1. The third kappa shape index (κ3) is 4.61. The lowest BCUT2D eigenvalue weighted by atomic mass is 10.1. The third-order valence-electron chi connectivity index (χ3n) is 2.97. The number of hydrogen-bond donors (Lipinski definition) is 2. The molecule has 0 bridgehead atoms. The summed E-state index contributed by atoms with van der Waals surface area (Å²) in [6.07, 6.45) is 1.06. The summed E-state index contributed by atoms with van der Waals surface area (Å²) in [5.74, 6) is -0.0737. The second kappa shape index (κ2) is 6.78. The van der Waals surface area contributed by atoms with Crippen LogP contribution in [0.1, 0.15) is 30.9 Å². The number of nitrogens with one attached hydrogen (secondary N) is 1. The second-order valence-corrected chi connectivity index (χ2v) is 6.33. The first-order valence-electron chi connectivity index (χ1n) is 6.91. The number of rotatable bonds is 5. The Kier molecular flexibility index (Phi) is 5.03. The van der Waals surface area contributed by atoms with Crippen LogP contribution in [0.15, 0.2) is 18.2 Å². The van der Waals surface area contributed by atoms with E-state index in [0.717, 1.165) is 10.6 Å². The highest BCUT2D eigenvalue weighted by Crippen LogP contribution is 2.27. The van der Waals surface area contributed by atoms with E-state index in [2.05, 4.69) is 33.7 Å². The Morgan fingerprint density at radius 1 is 1.29 bits per heavy atom. The van der Waals surface area contributed by atoms with Crippen molar-refractivity contribution in [3.05, 3.63) is 29.3 Å². The molecule has 112 valence electrons. The number of anilines is 1. The monoisotopic (exact) mass is 304 g/mol. The van der Waals surface area contributed by atoms with Crippen LogP contribution < -0.4 is 11.1 Å². The number of amides is 1.